The van der Waals surface area contributed by atoms with Gasteiger partial charge in [0.15, 0.2) is 0 Å². The number of rotatable bonds is 9. The van der Waals surface area contributed by atoms with Crippen molar-refractivity contribution in [3.8, 4) is 0 Å². The summed E-state index contributed by atoms with van der Waals surface area (Å²) in [4.78, 5) is 0. The van der Waals surface area contributed by atoms with Gasteiger partial charge in [0.05, 0.1) is 6.61 Å². The van der Waals surface area contributed by atoms with Gasteiger partial charge in [0.1, 0.15) is 0 Å². The van der Waals surface area contributed by atoms with Gasteiger partial charge in [-0.1, -0.05) is 51.9 Å². The molecule has 2 atom stereocenters. The Hall–Kier alpha value is -0.0800. The maximum Gasteiger partial charge on any atom is 0.0584 e. The predicted molar refractivity (Wildman–Crippen MR) is 69.6 cm³/mol. The van der Waals surface area contributed by atoms with E-state index in [0.717, 1.165) is 6.42 Å². The summed E-state index contributed by atoms with van der Waals surface area (Å²) < 4.78 is 0. The molecule has 1 saturated heterocycles. The van der Waals surface area contributed by atoms with Gasteiger partial charge in [0, 0.05) is 12.1 Å². The highest BCUT2D eigenvalue weighted by atomic mass is 16.3. The van der Waals surface area contributed by atoms with Crippen LogP contribution < -0.4 is 5.32 Å². The van der Waals surface area contributed by atoms with Crippen molar-refractivity contribution in [1.29, 1.82) is 0 Å². The Balaban J connectivity index is 1.84. The van der Waals surface area contributed by atoms with Gasteiger partial charge in [-0.25, -0.2) is 0 Å². The summed E-state index contributed by atoms with van der Waals surface area (Å²) in [5, 5.41) is 12.5. The molecule has 16 heavy (non-hydrogen) atoms. The van der Waals surface area contributed by atoms with Crippen LogP contribution in [0.15, 0.2) is 0 Å². The number of unbranched alkanes of at least 4 members (excludes halogenated alkanes) is 6. The van der Waals surface area contributed by atoms with Crippen molar-refractivity contribution in [2.24, 2.45) is 0 Å². The fourth-order valence-corrected chi connectivity index (χ4v) is 2.62. The van der Waals surface area contributed by atoms with E-state index in [1.807, 2.05) is 0 Å². The molecule has 0 saturated carbocycles. The second-order valence-electron chi connectivity index (χ2n) is 5.23. The van der Waals surface area contributed by atoms with Gasteiger partial charge in [-0.3, -0.25) is 0 Å². The largest absolute Gasteiger partial charge is 0.395 e. The van der Waals surface area contributed by atoms with Gasteiger partial charge in [-0.05, 0) is 19.3 Å². The van der Waals surface area contributed by atoms with Gasteiger partial charge in [-0.15, -0.1) is 0 Å². The van der Waals surface area contributed by atoms with Gasteiger partial charge in [0.2, 0.25) is 0 Å². The van der Waals surface area contributed by atoms with Crippen molar-refractivity contribution < 1.29 is 5.11 Å². The Kier molecular flexibility index (Phi) is 7.87. The van der Waals surface area contributed by atoms with Gasteiger partial charge in [-0.2, -0.15) is 0 Å². The van der Waals surface area contributed by atoms with Crippen LogP contribution in [0.2, 0.25) is 0 Å². The second kappa shape index (κ2) is 9.00. The summed E-state index contributed by atoms with van der Waals surface area (Å²) in [6, 6.07) is 1.07. The number of hydrogen-bond donors (Lipinski definition) is 2. The van der Waals surface area contributed by atoms with E-state index >= 15 is 0 Å². The number of aliphatic hydroxyl groups excluding tert-OH is 1. The monoisotopic (exact) mass is 227 g/mol. The van der Waals surface area contributed by atoms with E-state index in [-0.39, 0.29) is 0 Å². The minimum Gasteiger partial charge on any atom is -0.395 e. The lowest BCUT2D eigenvalue weighted by atomic mass is 10.0. The topological polar surface area (TPSA) is 32.3 Å². The van der Waals surface area contributed by atoms with Crippen molar-refractivity contribution in [3.63, 3.8) is 0 Å². The highest BCUT2D eigenvalue weighted by Gasteiger charge is 2.21. The summed E-state index contributed by atoms with van der Waals surface area (Å²) in [6.07, 6.45) is 13.5. The molecule has 0 aromatic carbocycles. The van der Waals surface area contributed by atoms with Crippen molar-refractivity contribution in [3.05, 3.63) is 0 Å². The average molecular weight is 227 g/mol. The van der Waals surface area contributed by atoms with E-state index in [0.29, 0.717) is 18.7 Å². The molecule has 0 aromatic heterocycles. The first-order valence-electron chi connectivity index (χ1n) is 7.23. The number of aliphatic hydroxyl groups is 1. The Bertz CT molecular complexity index is 161. The quantitative estimate of drug-likeness (QED) is 0.593. The summed E-state index contributed by atoms with van der Waals surface area (Å²) in [5.74, 6) is 0. The molecule has 1 aliphatic heterocycles. The molecule has 2 N–H and O–H groups in total. The molecule has 1 heterocycles. The van der Waals surface area contributed by atoms with Crippen LogP contribution in [-0.4, -0.2) is 23.8 Å². The van der Waals surface area contributed by atoms with E-state index in [1.165, 1.54) is 57.8 Å². The Morgan fingerprint density at radius 2 is 1.56 bits per heavy atom. The zero-order valence-electron chi connectivity index (χ0n) is 10.9. The molecule has 2 heteroatoms. The first-order valence-corrected chi connectivity index (χ1v) is 7.23. The Morgan fingerprint density at radius 3 is 2.19 bits per heavy atom. The first kappa shape index (κ1) is 14.0. The molecule has 2 nitrogen and oxygen atoms in total. The number of nitrogens with one attached hydrogen (secondary N) is 1. The Labute approximate surface area is 101 Å². The van der Waals surface area contributed by atoms with E-state index in [2.05, 4.69) is 12.2 Å². The van der Waals surface area contributed by atoms with Crippen LogP contribution in [0, 0.1) is 0 Å². The van der Waals surface area contributed by atoms with Crippen LogP contribution in [0.1, 0.15) is 71.1 Å². The molecule has 0 aromatic rings. The molecule has 0 spiro atoms. The van der Waals surface area contributed by atoms with E-state index in [9.17, 15) is 0 Å². The molecule has 1 aliphatic rings. The van der Waals surface area contributed by atoms with Crippen LogP contribution in [-0.2, 0) is 0 Å². The van der Waals surface area contributed by atoms with Crippen molar-refractivity contribution in [2.45, 2.75) is 83.2 Å². The lowest BCUT2D eigenvalue weighted by Gasteiger charge is -2.12. The van der Waals surface area contributed by atoms with Crippen molar-refractivity contribution in [2.75, 3.05) is 6.61 Å². The maximum absolute atomic E-state index is 9.01. The summed E-state index contributed by atoms with van der Waals surface area (Å²) in [5.41, 5.74) is 0. The Morgan fingerprint density at radius 1 is 0.938 bits per heavy atom. The molecule has 96 valence electrons. The second-order valence-corrected chi connectivity index (χ2v) is 5.23. The average Bonchev–Trinajstić information content (AvgIpc) is 2.76. The van der Waals surface area contributed by atoms with Crippen molar-refractivity contribution >= 4 is 0 Å². The van der Waals surface area contributed by atoms with Crippen molar-refractivity contribution in [1.82, 2.24) is 5.32 Å². The predicted octanol–water partition coefficient (Wildman–Crippen LogP) is 3.24. The van der Waals surface area contributed by atoms with Crippen LogP contribution in [0.4, 0.5) is 0 Å². The van der Waals surface area contributed by atoms with Crippen LogP contribution in [0.3, 0.4) is 0 Å². The minimum absolute atomic E-state index is 0.313. The fraction of sp³-hybridized carbons (Fsp3) is 1.00. The molecule has 0 unspecified atom stereocenters. The normalized spacial score (nSPS) is 25.1. The zero-order valence-corrected chi connectivity index (χ0v) is 10.9. The fourth-order valence-electron chi connectivity index (χ4n) is 2.62. The number of hydrogen-bond acceptors (Lipinski definition) is 2. The SMILES string of the molecule is CCCCCCCCC[C@@H]1CC[C@H](CO)N1. The maximum atomic E-state index is 9.01. The molecule has 1 rings (SSSR count). The lowest BCUT2D eigenvalue weighted by molar-refractivity contribution is 0.250. The van der Waals surface area contributed by atoms with Crippen LogP contribution in [0.25, 0.3) is 0 Å². The van der Waals surface area contributed by atoms with E-state index in [4.69, 9.17) is 5.11 Å². The van der Waals surface area contributed by atoms with Gasteiger partial charge in [0.25, 0.3) is 0 Å². The minimum atomic E-state index is 0.313. The molecule has 0 aliphatic carbocycles. The zero-order chi connectivity index (χ0) is 11.6. The summed E-state index contributed by atoms with van der Waals surface area (Å²) in [7, 11) is 0. The lowest BCUT2D eigenvalue weighted by Crippen LogP contribution is -2.31. The van der Waals surface area contributed by atoms with Crippen LogP contribution >= 0.6 is 0 Å². The summed E-state index contributed by atoms with van der Waals surface area (Å²) in [6.45, 7) is 2.58. The summed E-state index contributed by atoms with van der Waals surface area (Å²) >= 11 is 0. The third kappa shape index (κ3) is 5.86. The molecular formula is C14H29NO. The van der Waals surface area contributed by atoms with Gasteiger partial charge < -0.3 is 10.4 Å². The van der Waals surface area contributed by atoms with E-state index < -0.39 is 0 Å². The molecule has 1 fully saturated rings. The highest BCUT2D eigenvalue weighted by Crippen LogP contribution is 2.18. The van der Waals surface area contributed by atoms with Gasteiger partial charge >= 0.3 is 0 Å². The first-order chi connectivity index (χ1) is 7.86. The molecule has 0 amide bonds. The molecule has 0 radical (unpaired) electrons. The third-order valence-electron chi connectivity index (χ3n) is 3.71. The third-order valence-corrected chi connectivity index (χ3v) is 3.71. The standard InChI is InChI=1S/C14H29NO/c1-2-3-4-5-6-7-8-9-13-10-11-14(12-16)15-13/h13-16H,2-12H2,1H3/t13-,14-/m1/s1. The van der Waals surface area contributed by atoms with E-state index in [1.54, 1.807) is 0 Å². The molecular weight excluding hydrogens is 198 g/mol. The molecule has 0 bridgehead atoms. The highest BCUT2D eigenvalue weighted by molar-refractivity contribution is 4.82. The smallest absolute Gasteiger partial charge is 0.0584 e. The van der Waals surface area contributed by atoms with Crippen LogP contribution in [0.5, 0.6) is 0 Å².